The van der Waals surface area contributed by atoms with Gasteiger partial charge in [-0.15, -0.1) is 0 Å². The first-order valence-electron chi connectivity index (χ1n) is 9.56. The summed E-state index contributed by atoms with van der Waals surface area (Å²) in [5, 5.41) is 0.399. The number of amides is 1. The molecular weight excluding hydrogens is 355 g/mol. The Morgan fingerprint density at radius 1 is 1.19 bits per heavy atom. The van der Waals surface area contributed by atoms with Crippen LogP contribution in [0, 0.1) is 5.82 Å². The van der Waals surface area contributed by atoms with Crippen LogP contribution in [0.15, 0.2) is 18.2 Å². The molecule has 0 aromatic heterocycles. The van der Waals surface area contributed by atoms with E-state index < -0.39 is 0 Å². The van der Waals surface area contributed by atoms with Gasteiger partial charge < -0.3 is 14.5 Å². The molecule has 0 spiro atoms. The minimum atomic E-state index is -0.330. The second kappa shape index (κ2) is 9.16. The van der Waals surface area contributed by atoms with Gasteiger partial charge in [0.1, 0.15) is 5.82 Å². The minimum Gasteiger partial charge on any atom is -0.381 e. The first-order chi connectivity index (χ1) is 12.6. The highest BCUT2D eigenvalue weighted by atomic mass is 35.5. The molecule has 144 valence electrons. The fourth-order valence-electron chi connectivity index (χ4n) is 4.12. The predicted molar refractivity (Wildman–Crippen MR) is 101 cm³/mol. The molecule has 0 radical (unpaired) electrons. The summed E-state index contributed by atoms with van der Waals surface area (Å²) < 4.78 is 19.3. The number of rotatable bonds is 5. The van der Waals surface area contributed by atoms with Crippen LogP contribution in [0.25, 0.3) is 0 Å². The van der Waals surface area contributed by atoms with E-state index in [9.17, 15) is 9.18 Å². The van der Waals surface area contributed by atoms with E-state index in [0.29, 0.717) is 35.6 Å². The number of halogens is 2. The molecule has 26 heavy (non-hydrogen) atoms. The molecule has 0 saturated carbocycles. The standard InChI is InChI=1S/C20H28ClFN2O2/c1-26-16-9-13-23(14-10-16)15-7-11-24(12-8-15)20(25)6-5-17-18(21)3-2-4-19(17)22/h2-4,15-16H,5-14H2,1H3. The number of benzene rings is 1. The SMILES string of the molecule is COC1CCN(C2CCN(C(=O)CCc3c(F)cccc3Cl)CC2)CC1. The molecule has 3 rings (SSSR count). The number of ether oxygens (including phenoxy) is 1. The Balaban J connectivity index is 1.44. The highest BCUT2D eigenvalue weighted by molar-refractivity contribution is 6.31. The number of nitrogens with zero attached hydrogens (tertiary/aromatic N) is 2. The number of hydrogen-bond acceptors (Lipinski definition) is 3. The van der Waals surface area contributed by atoms with Gasteiger partial charge in [0, 0.05) is 56.3 Å². The fraction of sp³-hybridized carbons (Fsp3) is 0.650. The largest absolute Gasteiger partial charge is 0.381 e. The van der Waals surface area contributed by atoms with Gasteiger partial charge in [0.25, 0.3) is 0 Å². The minimum absolute atomic E-state index is 0.0980. The molecule has 0 unspecified atom stereocenters. The van der Waals surface area contributed by atoms with Gasteiger partial charge in [-0.05, 0) is 44.2 Å². The molecule has 1 aromatic rings. The van der Waals surface area contributed by atoms with Crippen molar-refractivity contribution in [2.24, 2.45) is 0 Å². The van der Waals surface area contributed by atoms with Gasteiger partial charge in [-0.1, -0.05) is 17.7 Å². The molecule has 4 nitrogen and oxygen atoms in total. The van der Waals surface area contributed by atoms with Crippen molar-refractivity contribution >= 4 is 17.5 Å². The molecule has 2 aliphatic heterocycles. The number of hydrogen-bond donors (Lipinski definition) is 0. The molecule has 1 amide bonds. The third-order valence-corrected chi connectivity index (χ3v) is 6.15. The van der Waals surface area contributed by atoms with Gasteiger partial charge in [0.2, 0.25) is 5.91 Å². The zero-order valence-corrected chi connectivity index (χ0v) is 16.2. The number of likely N-dealkylation sites (tertiary alicyclic amines) is 2. The van der Waals surface area contributed by atoms with Crippen molar-refractivity contribution in [3.8, 4) is 0 Å². The normalized spacial score (nSPS) is 20.5. The molecule has 2 saturated heterocycles. The lowest BCUT2D eigenvalue weighted by atomic mass is 9.98. The predicted octanol–water partition coefficient (Wildman–Crippen LogP) is 3.51. The maximum Gasteiger partial charge on any atom is 0.222 e. The van der Waals surface area contributed by atoms with Crippen LogP contribution in [-0.2, 0) is 16.0 Å². The molecule has 6 heteroatoms. The molecule has 2 heterocycles. The monoisotopic (exact) mass is 382 g/mol. The molecule has 2 fully saturated rings. The van der Waals surface area contributed by atoms with Crippen molar-refractivity contribution in [2.45, 2.75) is 50.7 Å². The summed E-state index contributed by atoms with van der Waals surface area (Å²) in [5.41, 5.74) is 0.443. The van der Waals surface area contributed by atoms with E-state index in [1.54, 1.807) is 19.2 Å². The van der Waals surface area contributed by atoms with Gasteiger partial charge in [-0.25, -0.2) is 4.39 Å². The van der Waals surface area contributed by atoms with E-state index in [-0.39, 0.29) is 11.7 Å². The Bertz CT molecular complexity index is 592. The van der Waals surface area contributed by atoms with Crippen LogP contribution in [0.1, 0.15) is 37.7 Å². The molecule has 2 aliphatic rings. The van der Waals surface area contributed by atoms with Crippen LogP contribution >= 0.6 is 11.6 Å². The summed E-state index contributed by atoms with van der Waals surface area (Å²) in [6, 6.07) is 5.22. The third-order valence-electron chi connectivity index (χ3n) is 5.79. The quantitative estimate of drug-likeness (QED) is 0.781. The topological polar surface area (TPSA) is 32.8 Å². The highest BCUT2D eigenvalue weighted by Gasteiger charge is 2.29. The maximum atomic E-state index is 13.8. The Morgan fingerprint density at radius 3 is 2.50 bits per heavy atom. The highest BCUT2D eigenvalue weighted by Crippen LogP contribution is 2.24. The van der Waals surface area contributed by atoms with Crippen LogP contribution in [0.5, 0.6) is 0 Å². The summed E-state index contributed by atoms with van der Waals surface area (Å²) in [4.78, 5) is 17.0. The van der Waals surface area contributed by atoms with Crippen LogP contribution in [-0.4, -0.2) is 61.1 Å². The van der Waals surface area contributed by atoms with Crippen LogP contribution in [0.2, 0.25) is 5.02 Å². The van der Waals surface area contributed by atoms with Crippen molar-refractivity contribution in [2.75, 3.05) is 33.3 Å². The summed E-state index contributed by atoms with van der Waals surface area (Å²) >= 11 is 6.05. The van der Waals surface area contributed by atoms with Crippen molar-refractivity contribution in [1.29, 1.82) is 0 Å². The van der Waals surface area contributed by atoms with Crippen molar-refractivity contribution < 1.29 is 13.9 Å². The number of carbonyl (C=O) groups is 1. The van der Waals surface area contributed by atoms with Crippen LogP contribution < -0.4 is 0 Å². The summed E-state index contributed by atoms with van der Waals surface area (Å²) in [7, 11) is 1.79. The first-order valence-corrected chi connectivity index (χ1v) is 9.93. The molecule has 0 atom stereocenters. The lowest BCUT2D eigenvalue weighted by molar-refractivity contribution is -0.132. The molecule has 1 aromatic carbocycles. The fourth-order valence-corrected chi connectivity index (χ4v) is 4.38. The van der Waals surface area contributed by atoms with E-state index in [1.807, 2.05) is 4.90 Å². The Morgan fingerprint density at radius 2 is 1.88 bits per heavy atom. The smallest absolute Gasteiger partial charge is 0.222 e. The molecule has 0 N–H and O–H groups in total. The average molecular weight is 383 g/mol. The van der Waals surface area contributed by atoms with Crippen molar-refractivity contribution in [1.82, 2.24) is 9.80 Å². The lowest BCUT2D eigenvalue weighted by Gasteiger charge is -2.41. The van der Waals surface area contributed by atoms with Gasteiger partial charge in [-0.2, -0.15) is 0 Å². The van der Waals surface area contributed by atoms with Gasteiger partial charge in [0.05, 0.1) is 6.10 Å². The van der Waals surface area contributed by atoms with Gasteiger partial charge in [0.15, 0.2) is 0 Å². The zero-order valence-electron chi connectivity index (χ0n) is 15.4. The first kappa shape index (κ1) is 19.6. The van der Waals surface area contributed by atoms with Crippen molar-refractivity contribution in [3.63, 3.8) is 0 Å². The third kappa shape index (κ3) is 4.76. The maximum absolute atomic E-state index is 13.8. The second-order valence-corrected chi connectivity index (χ2v) is 7.69. The van der Waals surface area contributed by atoms with E-state index in [2.05, 4.69) is 4.90 Å². The van der Waals surface area contributed by atoms with Gasteiger partial charge >= 0.3 is 0 Å². The average Bonchev–Trinajstić information content (AvgIpc) is 2.67. The second-order valence-electron chi connectivity index (χ2n) is 7.28. The Hall–Kier alpha value is -1.17. The zero-order chi connectivity index (χ0) is 18.5. The van der Waals surface area contributed by atoms with E-state index in [1.165, 1.54) is 6.07 Å². The Kier molecular flexibility index (Phi) is 6.90. The summed E-state index contributed by atoms with van der Waals surface area (Å²) in [6.07, 6.45) is 5.30. The molecule has 0 aliphatic carbocycles. The van der Waals surface area contributed by atoms with Crippen molar-refractivity contribution in [3.05, 3.63) is 34.6 Å². The molecule has 0 bridgehead atoms. The molecular formula is C20H28ClFN2O2. The summed E-state index contributed by atoms with van der Waals surface area (Å²) in [6.45, 7) is 3.75. The Labute approximate surface area is 160 Å². The van der Waals surface area contributed by atoms with E-state index >= 15 is 0 Å². The van der Waals surface area contributed by atoms with Gasteiger partial charge in [-0.3, -0.25) is 4.79 Å². The lowest BCUT2D eigenvalue weighted by Crippen LogP contribution is -2.49. The van der Waals surface area contributed by atoms with Crippen LogP contribution in [0.4, 0.5) is 4.39 Å². The summed E-state index contributed by atoms with van der Waals surface area (Å²) in [5.74, 6) is -0.232. The van der Waals surface area contributed by atoms with E-state index in [0.717, 1.165) is 51.9 Å². The number of methoxy groups -OCH3 is 1. The number of piperidine rings is 2. The number of carbonyl (C=O) groups excluding carboxylic acids is 1. The van der Waals surface area contributed by atoms with E-state index in [4.69, 9.17) is 16.3 Å². The van der Waals surface area contributed by atoms with Crippen LogP contribution in [0.3, 0.4) is 0 Å².